The number of hydrogen-bond donors (Lipinski definition) is 1. The van der Waals surface area contributed by atoms with Gasteiger partial charge in [-0.05, 0) is 24.7 Å². The molecule has 0 amide bonds. The summed E-state index contributed by atoms with van der Waals surface area (Å²) in [7, 11) is 0. The lowest BCUT2D eigenvalue weighted by Gasteiger charge is -2.39. The van der Waals surface area contributed by atoms with Crippen molar-refractivity contribution in [2.24, 2.45) is 5.41 Å². The smallest absolute Gasteiger partial charge is 0.297 e. The van der Waals surface area contributed by atoms with Gasteiger partial charge in [-0.1, -0.05) is 51.6 Å². The van der Waals surface area contributed by atoms with Crippen LogP contribution in [-0.4, -0.2) is 9.55 Å². The van der Waals surface area contributed by atoms with Crippen LogP contribution in [0.25, 0.3) is 0 Å². The minimum atomic E-state index is -0.375. The van der Waals surface area contributed by atoms with E-state index in [-0.39, 0.29) is 27.9 Å². The molecule has 1 aromatic rings. The van der Waals surface area contributed by atoms with E-state index in [1.54, 1.807) is 0 Å². The Morgan fingerprint density at radius 3 is 2.65 bits per heavy atom. The van der Waals surface area contributed by atoms with Gasteiger partial charge in [0.05, 0.1) is 5.56 Å². The lowest BCUT2D eigenvalue weighted by molar-refractivity contribution is 0.136. The van der Waals surface area contributed by atoms with Crippen LogP contribution in [0, 0.1) is 5.41 Å². The SMILES string of the molecule is CCCc1c(Cl)[nH]c(=O)n(C2CCCCC2(C)C)c1=O. The summed E-state index contributed by atoms with van der Waals surface area (Å²) in [6.45, 7) is 6.27. The van der Waals surface area contributed by atoms with Gasteiger partial charge < -0.3 is 0 Å². The third-order valence-corrected chi connectivity index (χ3v) is 4.76. The van der Waals surface area contributed by atoms with Crippen LogP contribution in [0.4, 0.5) is 0 Å². The molecule has 1 saturated carbocycles. The second kappa shape index (κ2) is 5.76. The zero-order chi connectivity index (χ0) is 14.9. The van der Waals surface area contributed by atoms with Crippen LogP contribution in [0.1, 0.15) is 64.5 Å². The molecule has 1 heterocycles. The van der Waals surface area contributed by atoms with E-state index in [2.05, 4.69) is 18.8 Å². The molecule has 1 aliphatic carbocycles. The minimum Gasteiger partial charge on any atom is -0.297 e. The molecule has 1 atom stereocenters. The Morgan fingerprint density at radius 2 is 2.05 bits per heavy atom. The molecule has 2 rings (SSSR count). The number of halogens is 1. The average molecular weight is 299 g/mol. The summed E-state index contributed by atoms with van der Waals surface area (Å²) in [5, 5.41) is 0.201. The van der Waals surface area contributed by atoms with E-state index in [1.165, 1.54) is 4.57 Å². The molecule has 4 nitrogen and oxygen atoms in total. The lowest BCUT2D eigenvalue weighted by atomic mass is 9.73. The normalized spacial score (nSPS) is 21.9. The maximum atomic E-state index is 12.6. The lowest BCUT2D eigenvalue weighted by Crippen LogP contribution is -2.45. The summed E-state index contributed by atoms with van der Waals surface area (Å²) in [5.74, 6) is 0. The van der Waals surface area contributed by atoms with Crippen molar-refractivity contribution in [1.82, 2.24) is 9.55 Å². The first kappa shape index (κ1) is 15.4. The van der Waals surface area contributed by atoms with Crippen molar-refractivity contribution in [2.45, 2.75) is 65.3 Å². The fourth-order valence-electron chi connectivity index (χ4n) is 3.27. The van der Waals surface area contributed by atoms with Crippen molar-refractivity contribution < 1.29 is 0 Å². The van der Waals surface area contributed by atoms with E-state index in [4.69, 9.17) is 11.6 Å². The van der Waals surface area contributed by atoms with E-state index in [9.17, 15) is 9.59 Å². The second-order valence-corrected chi connectivity index (χ2v) is 6.78. The first-order chi connectivity index (χ1) is 9.38. The van der Waals surface area contributed by atoms with Crippen LogP contribution < -0.4 is 11.2 Å². The van der Waals surface area contributed by atoms with Crippen molar-refractivity contribution >= 4 is 11.6 Å². The van der Waals surface area contributed by atoms with Crippen molar-refractivity contribution in [3.8, 4) is 0 Å². The number of nitrogens with zero attached hydrogens (tertiary/aromatic N) is 1. The maximum Gasteiger partial charge on any atom is 0.329 e. The molecule has 112 valence electrons. The van der Waals surface area contributed by atoms with E-state index < -0.39 is 0 Å². The zero-order valence-electron chi connectivity index (χ0n) is 12.5. The van der Waals surface area contributed by atoms with E-state index in [0.29, 0.717) is 12.0 Å². The highest BCUT2D eigenvalue weighted by Crippen LogP contribution is 2.42. The van der Waals surface area contributed by atoms with Gasteiger partial charge in [0.25, 0.3) is 5.56 Å². The van der Waals surface area contributed by atoms with Crippen LogP contribution in [0.5, 0.6) is 0 Å². The molecule has 0 radical (unpaired) electrons. The molecule has 0 saturated heterocycles. The Kier molecular flexibility index (Phi) is 4.43. The fourth-order valence-corrected chi connectivity index (χ4v) is 3.52. The molecule has 1 unspecified atom stereocenters. The van der Waals surface area contributed by atoms with Gasteiger partial charge in [0.15, 0.2) is 0 Å². The molecule has 0 aromatic carbocycles. The molecule has 0 aliphatic heterocycles. The number of nitrogens with one attached hydrogen (secondary N) is 1. The first-order valence-corrected chi connectivity index (χ1v) is 7.79. The highest BCUT2D eigenvalue weighted by molar-refractivity contribution is 6.30. The van der Waals surface area contributed by atoms with Crippen molar-refractivity contribution in [2.75, 3.05) is 0 Å². The Morgan fingerprint density at radius 1 is 1.35 bits per heavy atom. The van der Waals surface area contributed by atoms with Crippen LogP contribution in [0.2, 0.25) is 5.15 Å². The Balaban J connectivity index is 2.59. The second-order valence-electron chi connectivity index (χ2n) is 6.40. The number of H-pyrrole nitrogens is 1. The highest BCUT2D eigenvalue weighted by atomic mass is 35.5. The summed E-state index contributed by atoms with van der Waals surface area (Å²) in [5.41, 5.74) is -0.0811. The van der Waals surface area contributed by atoms with Crippen LogP contribution in [0.3, 0.4) is 0 Å². The molecule has 5 heteroatoms. The van der Waals surface area contributed by atoms with Gasteiger partial charge in [-0.3, -0.25) is 14.3 Å². The molecule has 1 aromatic heterocycles. The summed E-state index contributed by atoms with van der Waals surface area (Å²) in [4.78, 5) is 27.5. The number of rotatable bonds is 3. The molecule has 1 N–H and O–H groups in total. The summed E-state index contributed by atoms with van der Waals surface area (Å²) >= 11 is 6.03. The van der Waals surface area contributed by atoms with Crippen LogP contribution in [-0.2, 0) is 6.42 Å². The Hall–Kier alpha value is -1.03. The van der Waals surface area contributed by atoms with Gasteiger partial charge in [-0.2, -0.15) is 0 Å². The summed E-state index contributed by atoms with van der Waals surface area (Å²) in [6, 6.07) is -0.0413. The first-order valence-electron chi connectivity index (χ1n) is 7.41. The van der Waals surface area contributed by atoms with Crippen LogP contribution >= 0.6 is 11.6 Å². The van der Waals surface area contributed by atoms with Gasteiger partial charge >= 0.3 is 5.69 Å². The third kappa shape index (κ3) is 2.71. The number of aromatic nitrogens is 2. The van der Waals surface area contributed by atoms with Gasteiger partial charge in [0.2, 0.25) is 0 Å². The van der Waals surface area contributed by atoms with Gasteiger partial charge in [-0.15, -0.1) is 0 Å². The predicted octanol–water partition coefficient (Wildman–Crippen LogP) is 3.28. The summed E-state index contributed by atoms with van der Waals surface area (Å²) < 4.78 is 1.41. The Bertz CT molecular complexity index is 601. The number of aromatic amines is 1. The maximum absolute atomic E-state index is 12.6. The fraction of sp³-hybridized carbons (Fsp3) is 0.733. The highest BCUT2D eigenvalue weighted by Gasteiger charge is 2.35. The monoisotopic (exact) mass is 298 g/mol. The van der Waals surface area contributed by atoms with Crippen LogP contribution in [0.15, 0.2) is 9.59 Å². The van der Waals surface area contributed by atoms with E-state index in [1.807, 2.05) is 6.92 Å². The number of hydrogen-bond acceptors (Lipinski definition) is 2. The molecule has 20 heavy (non-hydrogen) atoms. The van der Waals surface area contributed by atoms with Crippen molar-refractivity contribution in [3.63, 3.8) is 0 Å². The standard InChI is InChI=1S/C15H23ClN2O2/c1-4-7-10-12(16)17-14(20)18(13(10)19)11-8-5-6-9-15(11,2)3/h11H,4-9H2,1-3H3,(H,17,20). The topological polar surface area (TPSA) is 54.9 Å². The predicted molar refractivity (Wildman–Crippen MR) is 81.6 cm³/mol. The van der Waals surface area contributed by atoms with Gasteiger partial charge in [0.1, 0.15) is 5.15 Å². The van der Waals surface area contributed by atoms with E-state index in [0.717, 1.165) is 32.1 Å². The van der Waals surface area contributed by atoms with Gasteiger partial charge in [0, 0.05) is 6.04 Å². The molecule has 0 bridgehead atoms. The quantitative estimate of drug-likeness (QED) is 0.871. The van der Waals surface area contributed by atoms with Gasteiger partial charge in [-0.25, -0.2) is 4.79 Å². The minimum absolute atomic E-state index is 0.0353. The molecule has 0 spiro atoms. The zero-order valence-corrected chi connectivity index (χ0v) is 13.2. The van der Waals surface area contributed by atoms with E-state index >= 15 is 0 Å². The summed E-state index contributed by atoms with van der Waals surface area (Å²) in [6.07, 6.45) is 5.56. The molecular formula is C15H23ClN2O2. The molecular weight excluding hydrogens is 276 g/mol. The Labute approximate surface area is 124 Å². The van der Waals surface area contributed by atoms with Crippen molar-refractivity contribution in [1.29, 1.82) is 0 Å². The largest absolute Gasteiger partial charge is 0.329 e. The molecule has 1 aliphatic rings. The third-order valence-electron chi connectivity index (χ3n) is 4.44. The average Bonchev–Trinajstić information content (AvgIpc) is 2.36. The molecule has 1 fully saturated rings. The van der Waals surface area contributed by atoms with Crippen molar-refractivity contribution in [3.05, 3.63) is 31.6 Å².